The van der Waals surface area contributed by atoms with E-state index in [1.165, 1.54) is 4.88 Å². The van der Waals surface area contributed by atoms with E-state index in [2.05, 4.69) is 23.5 Å². The molecule has 0 aliphatic carbocycles. The second kappa shape index (κ2) is 3.13. The predicted molar refractivity (Wildman–Crippen MR) is 60.4 cm³/mol. The standard InChI is InChI=1S/C10H13N3S/c1-6-4-8(5-14-6)9-7(2)10(11)13(3)12-9/h4-5H,11H2,1-3H3. The summed E-state index contributed by atoms with van der Waals surface area (Å²) in [4.78, 5) is 1.30. The first kappa shape index (κ1) is 9.27. The van der Waals surface area contributed by atoms with E-state index in [4.69, 9.17) is 5.73 Å². The molecule has 0 bridgehead atoms. The number of anilines is 1. The van der Waals surface area contributed by atoms with Crippen molar-refractivity contribution in [1.29, 1.82) is 0 Å². The number of hydrogen-bond acceptors (Lipinski definition) is 3. The molecule has 0 amide bonds. The van der Waals surface area contributed by atoms with Crippen LogP contribution in [0.4, 0.5) is 5.82 Å². The van der Waals surface area contributed by atoms with Crippen LogP contribution < -0.4 is 5.73 Å². The van der Waals surface area contributed by atoms with Crippen molar-refractivity contribution in [1.82, 2.24) is 9.78 Å². The van der Waals surface area contributed by atoms with Gasteiger partial charge in [0.05, 0.1) is 5.69 Å². The Kier molecular flexibility index (Phi) is 2.07. The SMILES string of the molecule is Cc1cc(-c2nn(C)c(N)c2C)cs1. The molecule has 2 aromatic rings. The fourth-order valence-corrected chi connectivity index (χ4v) is 2.17. The second-order valence-corrected chi connectivity index (χ2v) is 4.54. The van der Waals surface area contributed by atoms with Crippen LogP contribution in [0, 0.1) is 13.8 Å². The van der Waals surface area contributed by atoms with Crippen molar-refractivity contribution in [3.05, 3.63) is 21.9 Å². The van der Waals surface area contributed by atoms with Gasteiger partial charge in [0.15, 0.2) is 0 Å². The normalized spacial score (nSPS) is 10.8. The molecule has 74 valence electrons. The van der Waals surface area contributed by atoms with Crippen LogP contribution in [0.5, 0.6) is 0 Å². The lowest BCUT2D eigenvalue weighted by atomic mass is 10.1. The summed E-state index contributed by atoms with van der Waals surface area (Å²) in [5, 5.41) is 6.51. The van der Waals surface area contributed by atoms with Crippen molar-refractivity contribution in [3.63, 3.8) is 0 Å². The Bertz CT molecular complexity index is 468. The van der Waals surface area contributed by atoms with Crippen LogP contribution in [-0.4, -0.2) is 9.78 Å². The van der Waals surface area contributed by atoms with Crippen molar-refractivity contribution in [2.45, 2.75) is 13.8 Å². The largest absolute Gasteiger partial charge is 0.384 e. The Morgan fingerprint density at radius 1 is 1.43 bits per heavy atom. The van der Waals surface area contributed by atoms with E-state index in [1.807, 2.05) is 14.0 Å². The van der Waals surface area contributed by atoms with Gasteiger partial charge in [-0.1, -0.05) is 0 Å². The highest BCUT2D eigenvalue weighted by Crippen LogP contribution is 2.29. The molecule has 0 aromatic carbocycles. The average Bonchev–Trinajstić information content (AvgIpc) is 2.66. The predicted octanol–water partition coefficient (Wildman–Crippen LogP) is 2.35. The van der Waals surface area contributed by atoms with E-state index in [0.29, 0.717) is 0 Å². The van der Waals surface area contributed by atoms with Gasteiger partial charge in [-0.25, -0.2) is 0 Å². The van der Waals surface area contributed by atoms with E-state index in [0.717, 1.165) is 22.6 Å². The van der Waals surface area contributed by atoms with Crippen molar-refractivity contribution in [2.24, 2.45) is 7.05 Å². The van der Waals surface area contributed by atoms with Gasteiger partial charge in [-0.15, -0.1) is 11.3 Å². The lowest BCUT2D eigenvalue weighted by molar-refractivity contribution is 0.782. The highest BCUT2D eigenvalue weighted by atomic mass is 32.1. The van der Waals surface area contributed by atoms with Crippen LogP contribution in [0.3, 0.4) is 0 Å². The number of aryl methyl sites for hydroxylation is 2. The smallest absolute Gasteiger partial charge is 0.124 e. The summed E-state index contributed by atoms with van der Waals surface area (Å²) >= 11 is 1.73. The van der Waals surface area contributed by atoms with Crippen LogP contribution in [0.2, 0.25) is 0 Å². The van der Waals surface area contributed by atoms with Crippen molar-refractivity contribution in [2.75, 3.05) is 5.73 Å². The number of aromatic nitrogens is 2. The first-order chi connectivity index (χ1) is 6.59. The van der Waals surface area contributed by atoms with Crippen LogP contribution in [0.25, 0.3) is 11.3 Å². The molecule has 0 radical (unpaired) electrons. The number of rotatable bonds is 1. The van der Waals surface area contributed by atoms with Gasteiger partial charge >= 0.3 is 0 Å². The monoisotopic (exact) mass is 207 g/mol. The summed E-state index contributed by atoms with van der Waals surface area (Å²) in [6, 6.07) is 2.14. The molecular weight excluding hydrogens is 194 g/mol. The quantitative estimate of drug-likeness (QED) is 0.780. The Labute approximate surface area is 87.2 Å². The van der Waals surface area contributed by atoms with E-state index in [-0.39, 0.29) is 0 Å². The van der Waals surface area contributed by atoms with E-state index >= 15 is 0 Å². The van der Waals surface area contributed by atoms with Gasteiger partial charge in [-0.2, -0.15) is 5.10 Å². The number of hydrogen-bond donors (Lipinski definition) is 1. The molecule has 2 heterocycles. The maximum Gasteiger partial charge on any atom is 0.124 e. The summed E-state index contributed by atoms with van der Waals surface area (Å²) in [6.07, 6.45) is 0. The van der Waals surface area contributed by atoms with Gasteiger partial charge < -0.3 is 5.73 Å². The summed E-state index contributed by atoms with van der Waals surface area (Å²) in [6.45, 7) is 4.10. The van der Waals surface area contributed by atoms with E-state index in [1.54, 1.807) is 16.0 Å². The highest BCUT2D eigenvalue weighted by Gasteiger charge is 2.11. The van der Waals surface area contributed by atoms with Gasteiger partial charge in [0.2, 0.25) is 0 Å². The molecule has 3 nitrogen and oxygen atoms in total. The fourth-order valence-electron chi connectivity index (χ4n) is 1.48. The molecule has 14 heavy (non-hydrogen) atoms. The Hall–Kier alpha value is -1.29. The van der Waals surface area contributed by atoms with Crippen LogP contribution >= 0.6 is 11.3 Å². The molecule has 0 aliphatic rings. The molecule has 0 saturated heterocycles. The average molecular weight is 207 g/mol. The lowest BCUT2D eigenvalue weighted by Gasteiger charge is -1.92. The summed E-state index contributed by atoms with van der Waals surface area (Å²) < 4.78 is 1.72. The number of nitrogen functional groups attached to an aromatic ring is 1. The topological polar surface area (TPSA) is 43.8 Å². The molecule has 0 spiro atoms. The second-order valence-electron chi connectivity index (χ2n) is 3.43. The number of thiophene rings is 1. The Morgan fingerprint density at radius 2 is 2.14 bits per heavy atom. The van der Waals surface area contributed by atoms with Crippen molar-refractivity contribution in [3.8, 4) is 11.3 Å². The number of nitrogens with two attached hydrogens (primary N) is 1. The fraction of sp³-hybridized carbons (Fsp3) is 0.300. The Morgan fingerprint density at radius 3 is 2.57 bits per heavy atom. The molecule has 0 unspecified atom stereocenters. The molecule has 2 N–H and O–H groups in total. The van der Waals surface area contributed by atoms with Crippen molar-refractivity contribution >= 4 is 17.2 Å². The maximum atomic E-state index is 5.85. The van der Waals surface area contributed by atoms with Gasteiger partial charge in [0.25, 0.3) is 0 Å². The third kappa shape index (κ3) is 1.32. The molecule has 0 fully saturated rings. The molecule has 0 atom stereocenters. The minimum Gasteiger partial charge on any atom is -0.384 e. The molecule has 2 aromatic heterocycles. The summed E-state index contributed by atoms with van der Waals surface area (Å²) in [5.41, 5.74) is 9.07. The van der Waals surface area contributed by atoms with E-state index in [9.17, 15) is 0 Å². The minimum atomic E-state index is 0.740. The zero-order chi connectivity index (χ0) is 10.3. The maximum absolute atomic E-state index is 5.85. The zero-order valence-electron chi connectivity index (χ0n) is 8.53. The van der Waals surface area contributed by atoms with Crippen LogP contribution in [0.1, 0.15) is 10.4 Å². The first-order valence-corrected chi connectivity index (χ1v) is 5.32. The molecule has 4 heteroatoms. The van der Waals surface area contributed by atoms with Gasteiger partial charge in [0, 0.05) is 28.4 Å². The Balaban J connectivity index is 2.57. The molecule has 0 saturated carbocycles. The zero-order valence-corrected chi connectivity index (χ0v) is 9.35. The van der Waals surface area contributed by atoms with Gasteiger partial charge in [0.1, 0.15) is 5.82 Å². The summed E-state index contributed by atoms with van der Waals surface area (Å²) in [7, 11) is 1.87. The van der Waals surface area contributed by atoms with Gasteiger partial charge in [-0.05, 0) is 19.9 Å². The number of nitrogens with zero attached hydrogens (tertiary/aromatic N) is 2. The lowest BCUT2D eigenvalue weighted by Crippen LogP contribution is -1.97. The molecule has 0 aliphatic heterocycles. The third-order valence-electron chi connectivity index (χ3n) is 2.34. The minimum absolute atomic E-state index is 0.740. The van der Waals surface area contributed by atoms with E-state index < -0.39 is 0 Å². The summed E-state index contributed by atoms with van der Waals surface area (Å²) in [5.74, 6) is 0.740. The highest BCUT2D eigenvalue weighted by molar-refractivity contribution is 7.10. The molecular formula is C10H13N3S. The van der Waals surface area contributed by atoms with Crippen molar-refractivity contribution < 1.29 is 0 Å². The third-order valence-corrected chi connectivity index (χ3v) is 3.20. The van der Waals surface area contributed by atoms with Crippen LogP contribution in [-0.2, 0) is 7.05 Å². The molecule has 2 rings (SSSR count). The van der Waals surface area contributed by atoms with Crippen LogP contribution in [0.15, 0.2) is 11.4 Å². The first-order valence-electron chi connectivity index (χ1n) is 4.44. The van der Waals surface area contributed by atoms with Gasteiger partial charge in [-0.3, -0.25) is 4.68 Å².